The van der Waals surface area contributed by atoms with Crippen LogP contribution in [0.15, 0.2) is 16.6 Å². The number of carbonyl (C=O) groups is 1. The van der Waals surface area contributed by atoms with E-state index in [1.54, 1.807) is 19.2 Å². The summed E-state index contributed by atoms with van der Waals surface area (Å²) in [4.78, 5) is 10.9. The van der Waals surface area contributed by atoms with E-state index in [1.807, 2.05) is 13.8 Å². The summed E-state index contributed by atoms with van der Waals surface area (Å²) in [7, 11) is 1.55. The van der Waals surface area contributed by atoms with Gasteiger partial charge >= 0.3 is 5.97 Å². The lowest BCUT2D eigenvalue weighted by atomic mass is 9.81. The molecular formula is C12H14BrClO3. The van der Waals surface area contributed by atoms with Crippen LogP contribution in [0.3, 0.4) is 0 Å². The van der Waals surface area contributed by atoms with E-state index in [1.165, 1.54) is 0 Å². The predicted octanol–water partition coefficient (Wildman–Crippen LogP) is 3.86. The van der Waals surface area contributed by atoms with Gasteiger partial charge in [-0.1, -0.05) is 25.4 Å². The van der Waals surface area contributed by atoms with E-state index < -0.39 is 11.4 Å². The molecule has 5 heteroatoms. The van der Waals surface area contributed by atoms with Crippen molar-refractivity contribution in [1.82, 2.24) is 0 Å². The molecule has 0 radical (unpaired) electrons. The molecule has 0 bridgehead atoms. The van der Waals surface area contributed by atoms with Crippen LogP contribution >= 0.6 is 27.5 Å². The fourth-order valence-corrected chi connectivity index (χ4v) is 2.81. The van der Waals surface area contributed by atoms with Crippen LogP contribution in [0, 0.1) is 0 Å². The maximum atomic E-state index is 10.9. The van der Waals surface area contributed by atoms with Crippen LogP contribution in [-0.2, 0) is 10.2 Å². The number of ether oxygens (including phenoxy) is 1. The number of hydrogen-bond acceptors (Lipinski definition) is 2. The molecular weight excluding hydrogens is 307 g/mol. The van der Waals surface area contributed by atoms with Crippen molar-refractivity contribution in [2.45, 2.75) is 25.7 Å². The van der Waals surface area contributed by atoms with Gasteiger partial charge in [-0.15, -0.1) is 0 Å². The summed E-state index contributed by atoms with van der Waals surface area (Å²) in [5.74, 6) is -0.244. The molecule has 3 nitrogen and oxygen atoms in total. The van der Waals surface area contributed by atoms with Crippen molar-refractivity contribution in [2.24, 2.45) is 0 Å². The normalized spacial score (nSPS) is 11.4. The maximum Gasteiger partial charge on any atom is 0.304 e. The van der Waals surface area contributed by atoms with Crippen molar-refractivity contribution in [3.63, 3.8) is 0 Å². The number of hydrogen-bond donors (Lipinski definition) is 1. The van der Waals surface area contributed by atoms with Crippen LogP contribution in [0.2, 0.25) is 5.02 Å². The molecule has 17 heavy (non-hydrogen) atoms. The van der Waals surface area contributed by atoms with Crippen LogP contribution in [0.25, 0.3) is 0 Å². The van der Waals surface area contributed by atoms with E-state index in [4.69, 9.17) is 21.4 Å². The monoisotopic (exact) mass is 320 g/mol. The highest BCUT2D eigenvalue weighted by Crippen LogP contribution is 2.40. The number of carboxylic acid groups (broad SMARTS) is 1. The van der Waals surface area contributed by atoms with Crippen LogP contribution in [-0.4, -0.2) is 18.2 Å². The fourth-order valence-electron chi connectivity index (χ4n) is 1.68. The minimum Gasteiger partial charge on any atom is -0.496 e. The first-order valence-corrected chi connectivity index (χ1v) is 6.20. The summed E-state index contributed by atoms with van der Waals surface area (Å²) < 4.78 is 5.93. The first-order chi connectivity index (χ1) is 7.77. The molecule has 0 amide bonds. The van der Waals surface area contributed by atoms with Gasteiger partial charge in [0.1, 0.15) is 5.75 Å². The molecule has 1 N–H and O–H groups in total. The van der Waals surface area contributed by atoms with Gasteiger partial charge in [0.15, 0.2) is 0 Å². The molecule has 94 valence electrons. The lowest BCUT2D eigenvalue weighted by Gasteiger charge is -2.25. The summed E-state index contributed by atoms with van der Waals surface area (Å²) in [6.45, 7) is 3.72. The lowest BCUT2D eigenvalue weighted by Crippen LogP contribution is -2.22. The zero-order valence-corrected chi connectivity index (χ0v) is 12.2. The van der Waals surface area contributed by atoms with Crippen molar-refractivity contribution in [3.05, 3.63) is 27.2 Å². The van der Waals surface area contributed by atoms with E-state index >= 15 is 0 Å². The second kappa shape index (κ2) is 5.27. The zero-order chi connectivity index (χ0) is 13.2. The molecule has 1 aromatic rings. The first-order valence-electron chi connectivity index (χ1n) is 5.03. The van der Waals surface area contributed by atoms with E-state index in [-0.39, 0.29) is 6.42 Å². The summed E-state index contributed by atoms with van der Waals surface area (Å²) in [5.41, 5.74) is 0.298. The van der Waals surface area contributed by atoms with Gasteiger partial charge in [-0.05, 0) is 33.6 Å². The summed E-state index contributed by atoms with van der Waals surface area (Å²) >= 11 is 9.42. The van der Waals surface area contributed by atoms with Gasteiger partial charge in [0.2, 0.25) is 0 Å². The third kappa shape index (κ3) is 3.36. The Morgan fingerprint density at radius 3 is 2.59 bits per heavy atom. The van der Waals surface area contributed by atoms with Gasteiger partial charge < -0.3 is 9.84 Å². The molecule has 0 atom stereocenters. The Kier molecular flexibility index (Phi) is 4.44. The Hall–Kier alpha value is -0.740. The highest BCUT2D eigenvalue weighted by molar-refractivity contribution is 9.10. The Labute approximate surface area is 114 Å². The molecule has 0 aliphatic heterocycles. The SMILES string of the molecule is COc1cc(Cl)cc(C(C)(C)CC(=O)O)c1Br. The summed E-state index contributed by atoms with van der Waals surface area (Å²) in [5, 5.41) is 9.44. The van der Waals surface area contributed by atoms with Crippen molar-refractivity contribution in [3.8, 4) is 5.75 Å². The van der Waals surface area contributed by atoms with Crippen LogP contribution in [0.4, 0.5) is 0 Å². The molecule has 0 unspecified atom stereocenters. The van der Waals surface area contributed by atoms with E-state index in [2.05, 4.69) is 15.9 Å². The second-order valence-electron chi connectivity index (χ2n) is 4.42. The number of carboxylic acids is 1. The van der Waals surface area contributed by atoms with Crippen LogP contribution in [0.1, 0.15) is 25.8 Å². The van der Waals surface area contributed by atoms with E-state index in [0.717, 1.165) is 10.0 Å². The standard InChI is InChI=1S/C12H14BrClO3/c1-12(2,6-10(15)16)8-4-7(14)5-9(17-3)11(8)13/h4-5H,6H2,1-3H3,(H,15,16). The smallest absolute Gasteiger partial charge is 0.304 e. The molecule has 0 spiro atoms. The molecule has 0 saturated carbocycles. The third-order valence-corrected chi connectivity index (χ3v) is 3.58. The maximum absolute atomic E-state index is 10.9. The van der Waals surface area contributed by atoms with Gasteiger partial charge in [0.25, 0.3) is 0 Å². The Morgan fingerprint density at radius 1 is 1.53 bits per heavy atom. The van der Waals surface area contributed by atoms with Crippen molar-refractivity contribution < 1.29 is 14.6 Å². The average molecular weight is 322 g/mol. The lowest BCUT2D eigenvalue weighted by molar-refractivity contribution is -0.138. The topological polar surface area (TPSA) is 46.5 Å². The van der Waals surface area contributed by atoms with Gasteiger partial charge in [0.05, 0.1) is 18.0 Å². The number of aliphatic carboxylic acids is 1. The molecule has 1 aromatic carbocycles. The van der Waals surface area contributed by atoms with Gasteiger partial charge in [-0.25, -0.2) is 0 Å². The number of halogens is 2. The fraction of sp³-hybridized carbons (Fsp3) is 0.417. The molecule has 0 aliphatic rings. The molecule has 0 fully saturated rings. The highest BCUT2D eigenvalue weighted by atomic mass is 79.9. The van der Waals surface area contributed by atoms with Gasteiger partial charge in [-0.2, -0.15) is 0 Å². The highest BCUT2D eigenvalue weighted by Gasteiger charge is 2.28. The molecule has 0 aromatic heterocycles. The Morgan fingerprint density at radius 2 is 2.12 bits per heavy atom. The van der Waals surface area contributed by atoms with Crippen LogP contribution in [0.5, 0.6) is 5.75 Å². The number of benzene rings is 1. The zero-order valence-electron chi connectivity index (χ0n) is 9.88. The molecule has 0 aliphatic carbocycles. The van der Waals surface area contributed by atoms with Crippen molar-refractivity contribution in [1.29, 1.82) is 0 Å². The van der Waals surface area contributed by atoms with Gasteiger partial charge in [0, 0.05) is 10.4 Å². The van der Waals surface area contributed by atoms with E-state index in [0.29, 0.717) is 10.8 Å². The minimum absolute atomic E-state index is 0.0229. The average Bonchev–Trinajstić information content (AvgIpc) is 2.18. The Balaban J connectivity index is 3.29. The summed E-state index contributed by atoms with van der Waals surface area (Å²) in [6.07, 6.45) is 0.0229. The Bertz CT molecular complexity index is 444. The first kappa shape index (κ1) is 14.3. The molecule has 0 saturated heterocycles. The largest absolute Gasteiger partial charge is 0.496 e. The van der Waals surface area contributed by atoms with Crippen molar-refractivity contribution >= 4 is 33.5 Å². The predicted molar refractivity (Wildman–Crippen MR) is 71.0 cm³/mol. The third-order valence-electron chi connectivity index (χ3n) is 2.55. The quantitative estimate of drug-likeness (QED) is 0.916. The van der Waals surface area contributed by atoms with Crippen molar-refractivity contribution in [2.75, 3.05) is 7.11 Å². The molecule has 1 rings (SSSR count). The second-order valence-corrected chi connectivity index (χ2v) is 5.65. The molecule has 0 heterocycles. The number of methoxy groups -OCH3 is 1. The summed E-state index contributed by atoms with van der Waals surface area (Å²) in [6, 6.07) is 3.45. The van der Waals surface area contributed by atoms with Crippen LogP contribution < -0.4 is 4.74 Å². The van der Waals surface area contributed by atoms with E-state index in [9.17, 15) is 4.79 Å². The minimum atomic E-state index is -0.846. The van der Waals surface area contributed by atoms with Gasteiger partial charge in [-0.3, -0.25) is 4.79 Å². The number of rotatable bonds is 4.